The smallest absolute Gasteiger partial charge is 0.193 e. The molecular formula is C19H27N5O2S. The molecular weight excluding hydrogens is 362 g/mol. The van der Waals surface area contributed by atoms with Gasteiger partial charge in [-0.05, 0) is 19.4 Å². The third-order valence-corrected chi connectivity index (χ3v) is 7.41. The van der Waals surface area contributed by atoms with E-state index in [2.05, 4.69) is 27.5 Å². The van der Waals surface area contributed by atoms with E-state index in [4.69, 9.17) is 0 Å². The number of hydrogen-bond acceptors (Lipinski definition) is 4. The number of nitrogens with zero attached hydrogens (tertiary/aromatic N) is 4. The fraction of sp³-hybridized carbons (Fsp3) is 0.474. The Kier molecular flexibility index (Phi) is 5.55. The van der Waals surface area contributed by atoms with E-state index in [0.717, 1.165) is 12.1 Å². The van der Waals surface area contributed by atoms with Gasteiger partial charge in [-0.1, -0.05) is 30.3 Å². The van der Waals surface area contributed by atoms with Gasteiger partial charge in [-0.2, -0.15) is 5.10 Å². The van der Waals surface area contributed by atoms with Crippen molar-refractivity contribution in [1.82, 2.24) is 20.0 Å². The van der Waals surface area contributed by atoms with E-state index in [1.807, 2.05) is 40.2 Å². The summed E-state index contributed by atoms with van der Waals surface area (Å²) in [5, 5.41) is 7.74. The maximum Gasteiger partial charge on any atom is 0.193 e. The van der Waals surface area contributed by atoms with E-state index in [9.17, 15) is 8.42 Å². The minimum absolute atomic E-state index is 0.149. The molecule has 0 aliphatic carbocycles. The third-order valence-electron chi connectivity index (χ3n) is 4.88. The molecule has 0 amide bonds. The highest BCUT2D eigenvalue weighted by Crippen LogP contribution is 2.23. The summed E-state index contributed by atoms with van der Waals surface area (Å²) in [7, 11) is -1.35. The van der Waals surface area contributed by atoms with Crippen LogP contribution in [0.1, 0.15) is 25.0 Å². The van der Waals surface area contributed by atoms with Crippen molar-refractivity contribution in [3.8, 4) is 0 Å². The van der Waals surface area contributed by atoms with Gasteiger partial charge in [0.25, 0.3) is 0 Å². The van der Waals surface area contributed by atoms with Gasteiger partial charge in [-0.15, -0.1) is 0 Å². The van der Waals surface area contributed by atoms with E-state index < -0.39 is 14.6 Å². The van der Waals surface area contributed by atoms with E-state index >= 15 is 0 Å². The minimum Gasteiger partial charge on any atom is -0.352 e. The first-order chi connectivity index (χ1) is 12.8. The Morgan fingerprint density at radius 3 is 2.67 bits per heavy atom. The van der Waals surface area contributed by atoms with Gasteiger partial charge in [0.1, 0.15) is 0 Å². The van der Waals surface area contributed by atoms with Crippen LogP contribution in [0, 0.1) is 0 Å². The van der Waals surface area contributed by atoms with Gasteiger partial charge in [0.2, 0.25) is 0 Å². The summed E-state index contributed by atoms with van der Waals surface area (Å²) in [6.45, 7) is 5.75. The molecule has 1 saturated heterocycles. The van der Waals surface area contributed by atoms with Crippen molar-refractivity contribution >= 4 is 15.8 Å². The fourth-order valence-electron chi connectivity index (χ4n) is 3.19. The summed E-state index contributed by atoms with van der Waals surface area (Å²) in [4.78, 5) is 6.33. The summed E-state index contributed by atoms with van der Waals surface area (Å²) in [5.74, 6) is 0.865. The normalized spacial score (nSPS) is 19.1. The number of hydrogen-bond donors (Lipinski definition) is 1. The Bertz CT molecular complexity index is 903. The zero-order valence-electron chi connectivity index (χ0n) is 16.1. The molecule has 3 rings (SSSR count). The molecule has 0 atom stereocenters. The Morgan fingerprint density at radius 1 is 1.26 bits per heavy atom. The van der Waals surface area contributed by atoms with Gasteiger partial charge in [-0.3, -0.25) is 9.67 Å². The molecule has 1 aliphatic rings. The lowest BCUT2D eigenvalue weighted by molar-refractivity contribution is 0.353. The Labute approximate surface area is 161 Å². The van der Waals surface area contributed by atoms with Crippen molar-refractivity contribution in [2.45, 2.75) is 31.7 Å². The maximum absolute atomic E-state index is 12.2. The molecule has 2 aromatic rings. The Hall–Kier alpha value is -2.35. The van der Waals surface area contributed by atoms with E-state index in [0.29, 0.717) is 25.6 Å². The number of benzene rings is 1. The van der Waals surface area contributed by atoms with E-state index in [-0.39, 0.29) is 5.75 Å². The van der Waals surface area contributed by atoms with Gasteiger partial charge in [0.15, 0.2) is 15.8 Å². The quantitative estimate of drug-likeness (QED) is 0.633. The predicted octanol–water partition coefficient (Wildman–Crippen LogP) is 1.52. The lowest BCUT2D eigenvalue weighted by Gasteiger charge is -2.39. The van der Waals surface area contributed by atoms with Crippen LogP contribution in [0.25, 0.3) is 0 Å². The average Bonchev–Trinajstić information content (AvgIpc) is 3.07. The molecule has 0 spiro atoms. The van der Waals surface area contributed by atoms with Crippen LogP contribution in [0.5, 0.6) is 0 Å². The number of nitrogens with one attached hydrogen (secondary N) is 1. The average molecular weight is 390 g/mol. The monoisotopic (exact) mass is 389 g/mol. The van der Waals surface area contributed by atoms with Crippen molar-refractivity contribution in [3.63, 3.8) is 0 Å². The maximum atomic E-state index is 12.2. The molecule has 27 heavy (non-hydrogen) atoms. The molecule has 0 unspecified atom stereocenters. The van der Waals surface area contributed by atoms with Gasteiger partial charge in [0, 0.05) is 38.4 Å². The molecule has 0 bridgehead atoms. The molecule has 7 nitrogen and oxygen atoms in total. The van der Waals surface area contributed by atoms with E-state index in [1.54, 1.807) is 20.9 Å². The second kappa shape index (κ2) is 7.72. The van der Waals surface area contributed by atoms with Crippen molar-refractivity contribution in [2.24, 2.45) is 4.99 Å². The van der Waals surface area contributed by atoms with E-state index in [1.165, 1.54) is 5.56 Å². The highest BCUT2D eigenvalue weighted by atomic mass is 32.2. The second-order valence-electron chi connectivity index (χ2n) is 7.43. The standard InChI is InChI=1S/C19H27N5O2S/c1-19(2)15-23(9-10-27(19,25)26)18(20-3)21-11-17-12-22-24(14-17)13-16-7-5-4-6-8-16/h4-8,12,14H,9-11,13,15H2,1-3H3,(H,20,21). The zero-order valence-corrected chi connectivity index (χ0v) is 16.9. The van der Waals surface area contributed by atoms with Crippen LogP contribution < -0.4 is 5.32 Å². The summed E-state index contributed by atoms with van der Waals surface area (Å²) >= 11 is 0. The fourth-order valence-corrected chi connectivity index (χ4v) is 4.56. The third kappa shape index (κ3) is 4.50. The van der Waals surface area contributed by atoms with Crippen LogP contribution in [0.3, 0.4) is 0 Å². The lowest BCUT2D eigenvalue weighted by atomic mass is 10.2. The second-order valence-corrected chi connectivity index (χ2v) is 10.2. The molecule has 1 aliphatic heterocycles. The summed E-state index contributed by atoms with van der Waals surface area (Å²) in [5.41, 5.74) is 2.25. The van der Waals surface area contributed by atoms with Crippen molar-refractivity contribution in [3.05, 3.63) is 53.9 Å². The molecule has 0 saturated carbocycles. The number of sulfone groups is 1. The molecule has 1 aromatic heterocycles. The van der Waals surface area contributed by atoms with Crippen LogP contribution in [0.4, 0.5) is 0 Å². The van der Waals surface area contributed by atoms with Gasteiger partial charge in [-0.25, -0.2) is 8.42 Å². The van der Waals surface area contributed by atoms with Crippen LogP contribution in [-0.4, -0.2) is 59.7 Å². The molecule has 146 valence electrons. The highest BCUT2D eigenvalue weighted by molar-refractivity contribution is 7.92. The molecule has 2 heterocycles. The topological polar surface area (TPSA) is 79.6 Å². The van der Waals surface area contributed by atoms with Gasteiger partial charge < -0.3 is 10.2 Å². The first-order valence-corrected chi connectivity index (χ1v) is 10.7. The summed E-state index contributed by atoms with van der Waals surface area (Å²) in [6, 6.07) is 10.2. The Morgan fingerprint density at radius 2 is 2.00 bits per heavy atom. The SMILES string of the molecule is CN=C(NCc1cnn(Cc2ccccc2)c1)N1CCS(=O)(=O)C(C)(C)C1. The molecule has 1 fully saturated rings. The van der Waals surface area contributed by atoms with Crippen LogP contribution >= 0.6 is 0 Å². The van der Waals surface area contributed by atoms with Crippen LogP contribution in [0.2, 0.25) is 0 Å². The summed E-state index contributed by atoms with van der Waals surface area (Å²) < 4.78 is 25.5. The number of rotatable bonds is 4. The van der Waals surface area contributed by atoms with Crippen LogP contribution in [0.15, 0.2) is 47.7 Å². The largest absolute Gasteiger partial charge is 0.352 e. The number of aromatic nitrogens is 2. The van der Waals surface area contributed by atoms with Gasteiger partial charge in [0.05, 0.1) is 23.2 Å². The first kappa shape index (κ1) is 19.4. The Balaban J connectivity index is 1.59. The predicted molar refractivity (Wildman–Crippen MR) is 107 cm³/mol. The van der Waals surface area contributed by atoms with Gasteiger partial charge >= 0.3 is 0 Å². The number of aliphatic imine (C=N–C) groups is 1. The first-order valence-electron chi connectivity index (χ1n) is 9.04. The zero-order chi connectivity index (χ0) is 19.5. The van der Waals surface area contributed by atoms with Crippen LogP contribution in [-0.2, 0) is 22.9 Å². The summed E-state index contributed by atoms with van der Waals surface area (Å²) in [6.07, 6.45) is 3.85. The van der Waals surface area contributed by atoms with Crippen molar-refractivity contribution < 1.29 is 8.42 Å². The molecule has 1 aromatic carbocycles. The molecule has 0 radical (unpaired) electrons. The van der Waals surface area contributed by atoms with Crippen molar-refractivity contribution in [1.29, 1.82) is 0 Å². The molecule has 8 heteroatoms. The van der Waals surface area contributed by atoms with Crippen molar-refractivity contribution in [2.75, 3.05) is 25.9 Å². The minimum atomic E-state index is -3.07. The number of guanidine groups is 1. The lowest BCUT2D eigenvalue weighted by Crippen LogP contribution is -2.57. The highest BCUT2D eigenvalue weighted by Gasteiger charge is 2.40. The molecule has 1 N–H and O–H groups in total.